The van der Waals surface area contributed by atoms with E-state index >= 15 is 0 Å². The van der Waals surface area contributed by atoms with Gasteiger partial charge in [-0.1, -0.05) is 12.1 Å². The Hall–Kier alpha value is -2.39. The van der Waals surface area contributed by atoms with Gasteiger partial charge in [0.05, 0.1) is 13.1 Å². The average molecular weight is 366 g/mol. The average Bonchev–Trinajstić information content (AvgIpc) is 2.91. The Morgan fingerprint density at radius 2 is 2.08 bits per heavy atom. The molecule has 26 heavy (non-hydrogen) atoms. The quantitative estimate of drug-likeness (QED) is 0.621. The summed E-state index contributed by atoms with van der Waals surface area (Å²) in [7, 11) is 0. The van der Waals surface area contributed by atoms with E-state index in [1.807, 2.05) is 0 Å². The van der Waals surface area contributed by atoms with Gasteiger partial charge in [-0.25, -0.2) is 8.78 Å². The van der Waals surface area contributed by atoms with Crippen LogP contribution in [0.25, 0.3) is 0 Å². The Kier molecular flexibility index (Phi) is 5.01. The number of nitrogens with two attached hydrogens (primary N) is 1. The molecule has 1 saturated heterocycles. The summed E-state index contributed by atoms with van der Waals surface area (Å²) in [5.41, 5.74) is 6.98. The molecule has 2 aliphatic heterocycles. The van der Waals surface area contributed by atoms with Crippen molar-refractivity contribution < 1.29 is 23.2 Å². The molecule has 1 unspecified atom stereocenters. The fraction of sp³-hybridized carbons (Fsp3) is 0.471. The molecule has 9 heteroatoms. The van der Waals surface area contributed by atoms with Gasteiger partial charge in [-0.15, -0.1) is 0 Å². The molecule has 1 aromatic carbocycles. The van der Waals surface area contributed by atoms with Crippen molar-refractivity contribution in [2.75, 3.05) is 13.1 Å². The van der Waals surface area contributed by atoms with Crippen LogP contribution in [0.3, 0.4) is 0 Å². The third-order valence-corrected chi connectivity index (χ3v) is 4.60. The van der Waals surface area contributed by atoms with Gasteiger partial charge in [0.1, 0.15) is 6.04 Å². The number of rotatable bonds is 6. The lowest BCUT2D eigenvalue weighted by molar-refractivity contribution is -0.136. The molecule has 0 radical (unpaired) electrons. The van der Waals surface area contributed by atoms with E-state index in [0.29, 0.717) is 12.0 Å². The van der Waals surface area contributed by atoms with Crippen molar-refractivity contribution in [1.82, 2.24) is 15.5 Å². The van der Waals surface area contributed by atoms with E-state index in [0.717, 1.165) is 11.1 Å². The summed E-state index contributed by atoms with van der Waals surface area (Å²) < 4.78 is 26.3. The number of hydrogen-bond acceptors (Lipinski definition) is 5. The highest BCUT2D eigenvalue weighted by Gasteiger charge is 2.39. The lowest BCUT2D eigenvalue weighted by Crippen LogP contribution is -2.52. The minimum atomic E-state index is -2.96. The number of fused-ring (bicyclic) bond motifs is 1. The molecule has 2 aliphatic rings. The van der Waals surface area contributed by atoms with Crippen LogP contribution in [-0.4, -0.2) is 47.7 Å². The van der Waals surface area contributed by atoms with E-state index in [4.69, 9.17) is 5.73 Å². The van der Waals surface area contributed by atoms with Crippen LogP contribution in [0.4, 0.5) is 8.78 Å². The van der Waals surface area contributed by atoms with E-state index in [-0.39, 0.29) is 31.3 Å². The van der Waals surface area contributed by atoms with Crippen LogP contribution in [-0.2, 0) is 22.7 Å². The number of piperidine rings is 1. The second-order valence-electron chi connectivity index (χ2n) is 6.56. The Balaban J connectivity index is 1.66. The molecule has 2 heterocycles. The first-order valence-corrected chi connectivity index (χ1v) is 8.36. The summed E-state index contributed by atoms with van der Waals surface area (Å²) in [6, 6.07) is 4.43. The van der Waals surface area contributed by atoms with Crippen molar-refractivity contribution in [3.8, 4) is 0 Å². The molecule has 1 aromatic rings. The first kappa shape index (κ1) is 18.4. The number of benzene rings is 1. The topological polar surface area (TPSA) is 105 Å². The maximum absolute atomic E-state index is 13.1. The van der Waals surface area contributed by atoms with Gasteiger partial charge in [0.25, 0.3) is 11.8 Å². The minimum absolute atomic E-state index is 0.195. The van der Waals surface area contributed by atoms with Gasteiger partial charge >= 0.3 is 0 Å². The highest BCUT2D eigenvalue weighted by Crippen LogP contribution is 2.28. The van der Waals surface area contributed by atoms with E-state index in [9.17, 15) is 23.2 Å². The van der Waals surface area contributed by atoms with Crippen LogP contribution >= 0.6 is 0 Å². The van der Waals surface area contributed by atoms with Crippen molar-refractivity contribution in [1.29, 1.82) is 0 Å². The predicted octanol–water partition coefficient (Wildman–Crippen LogP) is 0.131. The van der Waals surface area contributed by atoms with E-state index in [2.05, 4.69) is 10.6 Å². The Morgan fingerprint density at radius 3 is 2.77 bits per heavy atom. The molecule has 4 N–H and O–H groups in total. The number of amides is 3. The molecule has 1 fully saturated rings. The molecule has 140 valence electrons. The molecule has 0 bridgehead atoms. The third-order valence-electron chi connectivity index (χ3n) is 4.60. The first-order valence-electron chi connectivity index (χ1n) is 8.36. The smallest absolute Gasteiger partial charge is 0.272 e. The maximum atomic E-state index is 13.1. The van der Waals surface area contributed by atoms with E-state index in [1.54, 1.807) is 18.2 Å². The SMILES string of the molecule is NCC(F)(F)CNCc1ccc2c(c1)CN(C1CCC(=O)NC1=O)C2=O. The number of carbonyl (C=O) groups excluding carboxylic acids is 3. The second-order valence-corrected chi connectivity index (χ2v) is 6.56. The zero-order valence-corrected chi connectivity index (χ0v) is 14.1. The largest absolute Gasteiger partial charge is 0.325 e. The lowest BCUT2D eigenvalue weighted by atomic mass is 10.0. The fourth-order valence-electron chi connectivity index (χ4n) is 3.20. The van der Waals surface area contributed by atoms with Crippen molar-refractivity contribution in [3.05, 3.63) is 34.9 Å². The van der Waals surface area contributed by atoms with E-state index < -0.39 is 31.0 Å². The summed E-state index contributed by atoms with van der Waals surface area (Å²) >= 11 is 0. The molecule has 3 amide bonds. The highest BCUT2D eigenvalue weighted by molar-refractivity contribution is 6.05. The van der Waals surface area contributed by atoms with Gasteiger partial charge in [0, 0.05) is 25.1 Å². The number of nitrogens with zero attached hydrogens (tertiary/aromatic N) is 1. The molecule has 3 rings (SSSR count). The van der Waals surface area contributed by atoms with Crippen LogP contribution in [0.2, 0.25) is 0 Å². The Bertz CT molecular complexity index is 754. The number of halogens is 2. The van der Waals surface area contributed by atoms with Crippen molar-refractivity contribution in [2.45, 2.75) is 37.9 Å². The van der Waals surface area contributed by atoms with Crippen LogP contribution < -0.4 is 16.4 Å². The van der Waals surface area contributed by atoms with Gasteiger partial charge in [0.15, 0.2) is 0 Å². The van der Waals surface area contributed by atoms with Gasteiger partial charge in [-0.05, 0) is 23.6 Å². The third kappa shape index (κ3) is 3.73. The Morgan fingerprint density at radius 1 is 1.31 bits per heavy atom. The first-order chi connectivity index (χ1) is 12.3. The normalized spacial score (nSPS) is 20.3. The molecule has 0 saturated carbocycles. The number of hydrogen-bond donors (Lipinski definition) is 3. The summed E-state index contributed by atoms with van der Waals surface area (Å²) in [5.74, 6) is -4.02. The monoisotopic (exact) mass is 366 g/mol. The second kappa shape index (κ2) is 7.08. The Labute approximate surface area is 148 Å². The van der Waals surface area contributed by atoms with Crippen LogP contribution in [0.5, 0.6) is 0 Å². The summed E-state index contributed by atoms with van der Waals surface area (Å²) in [6.45, 7) is -0.774. The molecule has 7 nitrogen and oxygen atoms in total. The van der Waals surface area contributed by atoms with Crippen LogP contribution in [0, 0.1) is 0 Å². The molecule has 1 atom stereocenters. The fourth-order valence-corrected chi connectivity index (χ4v) is 3.20. The van der Waals surface area contributed by atoms with Gasteiger partial charge in [0.2, 0.25) is 11.8 Å². The zero-order chi connectivity index (χ0) is 18.9. The molecule has 0 spiro atoms. The van der Waals surface area contributed by atoms with Gasteiger partial charge < -0.3 is 16.0 Å². The molecular formula is C17H20F2N4O3. The lowest BCUT2D eigenvalue weighted by Gasteiger charge is -2.29. The number of nitrogens with one attached hydrogen (secondary N) is 2. The summed E-state index contributed by atoms with van der Waals surface area (Å²) in [6.07, 6.45) is 0.494. The zero-order valence-electron chi connectivity index (χ0n) is 14.1. The van der Waals surface area contributed by atoms with Gasteiger partial charge in [-0.3, -0.25) is 19.7 Å². The summed E-state index contributed by atoms with van der Waals surface area (Å²) in [4.78, 5) is 37.3. The number of alkyl halides is 2. The molecule has 0 aromatic heterocycles. The van der Waals surface area contributed by atoms with Crippen molar-refractivity contribution >= 4 is 17.7 Å². The van der Waals surface area contributed by atoms with Crippen LogP contribution in [0.1, 0.15) is 34.3 Å². The molecular weight excluding hydrogens is 346 g/mol. The minimum Gasteiger partial charge on any atom is -0.325 e. The number of carbonyl (C=O) groups is 3. The van der Waals surface area contributed by atoms with Crippen LogP contribution in [0.15, 0.2) is 18.2 Å². The van der Waals surface area contributed by atoms with Crippen molar-refractivity contribution in [3.63, 3.8) is 0 Å². The predicted molar refractivity (Wildman–Crippen MR) is 88.2 cm³/mol. The highest BCUT2D eigenvalue weighted by atomic mass is 19.3. The maximum Gasteiger partial charge on any atom is 0.272 e. The standard InChI is InChI=1S/C17H20F2N4O3/c18-17(19,8-20)9-21-6-10-1-2-12-11(5-10)7-23(16(12)26)13-3-4-14(24)22-15(13)25/h1-2,5,13,21H,3-4,6-9,20H2,(H,22,24,25). The van der Waals surface area contributed by atoms with E-state index in [1.165, 1.54) is 4.90 Å². The summed E-state index contributed by atoms with van der Waals surface area (Å²) in [5, 5.41) is 4.90. The van der Waals surface area contributed by atoms with Crippen molar-refractivity contribution in [2.24, 2.45) is 5.73 Å². The number of imide groups is 1. The van der Waals surface area contributed by atoms with Gasteiger partial charge in [-0.2, -0.15) is 0 Å². The molecule has 0 aliphatic carbocycles.